The number of rotatable bonds is 3. The molecule has 1 heterocycles. The maximum atomic E-state index is 12.2. The normalized spacial score (nSPS) is 23.3. The first-order valence-electron chi connectivity index (χ1n) is 5.53. The van der Waals surface area contributed by atoms with Crippen LogP contribution < -0.4 is 0 Å². The second kappa shape index (κ2) is 4.91. The number of pyridine rings is 1. The number of carboxylic acids is 1. The number of ketones is 1. The van der Waals surface area contributed by atoms with E-state index in [2.05, 4.69) is 4.98 Å². The SMILES string of the molecule is O=C(O)[C@@H]1CC=CC[C@H]1C(=O)c1ccccn1. The Labute approximate surface area is 99.0 Å². The number of carboxylic acid groups (broad SMARTS) is 1. The van der Waals surface area contributed by atoms with E-state index < -0.39 is 17.8 Å². The Bertz CT molecular complexity index is 453. The number of hydrogen-bond acceptors (Lipinski definition) is 3. The first-order valence-corrected chi connectivity index (χ1v) is 5.53. The van der Waals surface area contributed by atoms with E-state index in [1.165, 1.54) is 0 Å². The number of allylic oxidation sites excluding steroid dienone is 2. The fraction of sp³-hybridized carbons (Fsp3) is 0.308. The van der Waals surface area contributed by atoms with E-state index in [9.17, 15) is 9.59 Å². The van der Waals surface area contributed by atoms with E-state index in [1.807, 2.05) is 12.2 Å². The molecule has 0 aliphatic heterocycles. The molecule has 0 spiro atoms. The van der Waals surface area contributed by atoms with Crippen LogP contribution in [0.5, 0.6) is 0 Å². The Morgan fingerprint density at radius 2 is 1.88 bits per heavy atom. The highest BCUT2D eigenvalue weighted by Crippen LogP contribution is 2.28. The quantitative estimate of drug-likeness (QED) is 0.637. The molecule has 0 radical (unpaired) electrons. The summed E-state index contributed by atoms with van der Waals surface area (Å²) < 4.78 is 0. The summed E-state index contributed by atoms with van der Waals surface area (Å²) in [5, 5.41) is 9.10. The van der Waals surface area contributed by atoms with Gasteiger partial charge in [0.1, 0.15) is 5.69 Å². The molecule has 2 rings (SSSR count). The van der Waals surface area contributed by atoms with Crippen molar-refractivity contribution >= 4 is 11.8 Å². The van der Waals surface area contributed by atoms with Crippen molar-refractivity contribution in [3.05, 3.63) is 42.2 Å². The van der Waals surface area contributed by atoms with Crippen LogP contribution in [0, 0.1) is 11.8 Å². The second-order valence-electron chi connectivity index (χ2n) is 4.07. The lowest BCUT2D eigenvalue weighted by Crippen LogP contribution is -2.31. The molecule has 0 unspecified atom stereocenters. The van der Waals surface area contributed by atoms with Crippen LogP contribution in [0.25, 0.3) is 0 Å². The van der Waals surface area contributed by atoms with Gasteiger partial charge in [0.25, 0.3) is 0 Å². The first-order chi connectivity index (χ1) is 8.20. The number of aromatic nitrogens is 1. The van der Waals surface area contributed by atoms with Crippen molar-refractivity contribution in [1.29, 1.82) is 0 Å². The summed E-state index contributed by atoms with van der Waals surface area (Å²) in [4.78, 5) is 27.2. The second-order valence-corrected chi connectivity index (χ2v) is 4.07. The zero-order valence-corrected chi connectivity index (χ0v) is 9.24. The number of nitrogens with zero attached hydrogens (tertiary/aromatic N) is 1. The third-order valence-corrected chi connectivity index (χ3v) is 3.00. The van der Waals surface area contributed by atoms with Gasteiger partial charge in [0, 0.05) is 12.1 Å². The maximum Gasteiger partial charge on any atom is 0.307 e. The van der Waals surface area contributed by atoms with Gasteiger partial charge >= 0.3 is 5.97 Å². The molecular weight excluding hydrogens is 218 g/mol. The number of aliphatic carboxylic acids is 1. The van der Waals surface area contributed by atoms with Crippen molar-refractivity contribution < 1.29 is 14.7 Å². The van der Waals surface area contributed by atoms with E-state index >= 15 is 0 Å². The van der Waals surface area contributed by atoms with E-state index in [1.54, 1.807) is 24.4 Å². The summed E-state index contributed by atoms with van der Waals surface area (Å²) in [6.07, 6.45) is 6.12. The van der Waals surface area contributed by atoms with E-state index in [0.29, 0.717) is 18.5 Å². The largest absolute Gasteiger partial charge is 0.481 e. The Kier molecular flexibility index (Phi) is 3.32. The summed E-state index contributed by atoms with van der Waals surface area (Å²) in [6, 6.07) is 5.08. The minimum atomic E-state index is -0.913. The highest BCUT2D eigenvalue weighted by molar-refractivity contribution is 5.98. The van der Waals surface area contributed by atoms with Crippen LogP contribution in [-0.2, 0) is 4.79 Å². The molecule has 0 amide bonds. The smallest absolute Gasteiger partial charge is 0.307 e. The average Bonchev–Trinajstić information content (AvgIpc) is 2.39. The molecule has 0 bridgehead atoms. The molecule has 1 aliphatic rings. The molecule has 1 aliphatic carbocycles. The minimum absolute atomic E-state index is 0.178. The Balaban J connectivity index is 2.24. The maximum absolute atomic E-state index is 12.2. The van der Waals surface area contributed by atoms with Crippen LogP contribution >= 0.6 is 0 Å². The van der Waals surface area contributed by atoms with Crippen LogP contribution in [0.3, 0.4) is 0 Å². The fourth-order valence-corrected chi connectivity index (χ4v) is 2.08. The summed E-state index contributed by atoms with van der Waals surface area (Å²) in [5.41, 5.74) is 0.346. The van der Waals surface area contributed by atoms with Crippen molar-refractivity contribution in [3.63, 3.8) is 0 Å². The van der Waals surface area contributed by atoms with Gasteiger partial charge < -0.3 is 5.11 Å². The van der Waals surface area contributed by atoms with Gasteiger partial charge in [-0.2, -0.15) is 0 Å². The van der Waals surface area contributed by atoms with Crippen LogP contribution in [0.15, 0.2) is 36.5 Å². The zero-order chi connectivity index (χ0) is 12.3. The van der Waals surface area contributed by atoms with Crippen molar-refractivity contribution in [2.45, 2.75) is 12.8 Å². The molecule has 0 saturated carbocycles. The molecule has 1 aromatic heterocycles. The zero-order valence-electron chi connectivity index (χ0n) is 9.24. The average molecular weight is 231 g/mol. The highest BCUT2D eigenvalue weighted by Gasteiger charge is 2.34. The van der Waals surface area contributed by atoms with Gasteiger partial charge in [-0.15, -0.1) is 0 Å². The monoisotopic (exact) mass is 231 g/mol. The van der Waals surface area contributed by atoms with Crippen molar-refractivity contribution in [3.8, 4) is 0 Å². The van der Waals surface area contributed by atoms with Crippen molar-refractivity contribution in [2.24, 2.45) is 11.8 Å². The molecular formula is C13H13NO3. The molecule has 0 saturated heterocycles. The highest BCUT2D eigenvalue weighted by atomic mass is 16.4. The van der Waals surface area contributed by atoms with Crippen LogP contribution in [0.1, 0.15) is 23.3 Å². The topological polar surface area (TPSA) is 67.3 Å². The molecule has 2 atom stereocenters. The number of carbonyl (C=O) groups is 2. The van der Waals surface area contributed by atoms with Crippen LogP contribution in [0.4, 0.5) is 0 Å². The Morgan fingerprint density at radius 1 is 1.18 bits per heavy atom. The third-order valence-electron chi connectivity index (χ3n) is 3.00. The number of carbonyl (C=O) groups excluding carboxylic acids is 1. The molecule has 4 heteroatoms. The van der Waals surface area contributed by atoms with Crippen molar-refractivity contribution in [1.82, 2.24) is 4.98 Å². The van der Waals surface area contributed by atoms with Gasteiger partial charge in [0.2, 0.25) is 0 Å². The van der Waals surface area contributed by atoms with E-state index in [0.717, 1.165) is 0 Å². The molecule has 0 aromatic carbocycles. The van der Waals surface area contributed by atoms with Crippen LogP contribution in [0.2, 0.25) is 0 Å². The van der Waals surface area contributed by atoms with Gasteiger partial charge in [0.05, 0.1) is 5.92 Å². The Morgan fingerprint density at radius 3 is 2.47 bits per heavy atom. The summed E-state index contributed by atoms with van der Waals surface area (Å²) in [6.45, 7) is 0. The lowest BCUT2D eigenvalue weighted by atomic mass is 9.79. The van der Waals surface area contributed by atoms with Gasteiger partial charge in [-0.3, -0.25) is 14.6 Å². The predicted molar refractivity (Wildman–Crippen MR) is 61.6 cm³/mol. The molecule has 1 N–H and O–H groups in total. The number of Topliss-reactive ketones (excluding diaryl/α,β-unsaturated/α-hetero) is 1. The van der Waals surface area contributed by atoms with E-state index in [-0.39, 0.29) is 5.78 Å². The number of hydrogen-bond donors (Lipinski definition) is 1. The minimum Gasteiger partial charge on any atom is -0.481 e. The summed E-state index contributed by atoms with van der Waals surface area (Å²) in [5.74, 6) is -2.21. The lowest BCUT2D eigenvalue weighted by Gasteiger charge is -2.23. The van der Waals surface area contributed by atoms with Gasteiger partial charge in [-0.1, -0.05) is 18.2 Å². The predicted octanol–water partition coefficient (Wildman–Crippen LogP) is 1.93. The Hall–Kier alpha value is -1.97. The lowest BCUT2D eigenvalue weighted by molar-refractivity contribution is -0.143. The first kappa shape index (κ1) is 11.5. The van der Waals surface area contributed by atoms with Crippen LogP contribution in [-0.4, -0.2) is 21.8 Å². The molecule has 17 heavy (non-hydrogen) atoms. The third kappa shape index (κ3) is 2.41. The molecule has 1 aromatic rings. The van der Waals surface area contributed by atoms with Gasteiger partial charge in [-0.25, -0.2) is 0 Å². The standard InChI is InChI=1S/C13H13NO3/c15-12(11-7-3-4-8-14-11)9-5-1-2-6-10(9)13(16)17/h1-4,7-10H,5-6H2,(H,16,17)/t9-,10-/m1/s1. The molecule has 0 fully saturated rings. The van der Waals surface area contributed by atoms with E-state index in [4.69, 9.17) is 5.11 Å². The summed E-state index contributed by atoms with van der Waals surface area (Å²) >= 11 is 0. The molecule has 4 nitrogen and oxygen atoms in total. The summed E-state index contributed by atoms with van der Waals surface area (Å²) in [7, 11) is 0. The molecule has 88 valence electrons. The van der Waals surface area contributed by atoms with Gasteiger partial charge in [0.15, 0.2) is 5.78 Å². The van der Waals surface area contributed by atoms with Crippen molar-refractivity contribution in [2.75, 3.05) is 0 Å². The fourth-order valence-electron chi connectivity index (χ4n) is 2.08. The van der Waals surface area contributed by atoms with Gasteiger partial charge in [-0.05, 0) is 25.0 Å².